The maximum atomic E-state index is 14.7. The zero-order valence-electron chi connectivity index (χ0n) is 59.4. The Morgan fingerprint density at radius 3 is 1.11 bits per heavy atom. The Balaban J connectivity index is 3.81. The molecule has 1 aliphatic rings. The Morgan fingerprint density at radius 2 is 0.766 bits per heavy atom. The number of unbranched alkanes of at least 4 members (excludes halogenated alkanes) is 33. The maximum Gasteiger partial charge on any atom is 0.470 e. The molecule has 0 bridgehead atoms. The second-order valence-electron chi connectivity index (χ2n) is 26.4. The van der Waals surface area contributed by atoms with E-state index in [1.807, 2.05) is 0 Å². The van der Waals surface area contributed by atoms with Gasteiger partial charge < -0.3 is 59.1 Å². The fraction of sp³-hybridized carbons (Fsp3) is 0.903. The molecule has 1 saturated heterocycles. The van der Waals surface area contributed by atoms with Gasteiger partial charge in [-0.15, -0.1) is 0 Å². The molecule has 94 heavy (non-hydrogen) atoms. The highest BCUT2D eigenvalue weighted by atomic mass is 31.2. The average Bonchev–Trinajstić information content (AvgIpc) is 0.787. The topological polar surface area (TPSA) is 306 Å². The smallest absolute Gasteiger partial charge is 0.470 e. The lowest BCUT2D eigenvalue weighted by Gasteiger charge is -2.45. The number of phosphoric ester groups is 1. The molecule has 9 atom stereocenters. The number of phosphoric acid groups is 1. The molecule has 22 heteroatoms. The molecule has 0 aromatic rings. The van der Waals surface area contributed by atoms with E-state index in [4.69, 9.17) is 32.9 Å². The number of aliphatic hydroxyl groups is 1. The van der Waals surface area contributed by atoms with Crippen LogP contribution in [0.25, 0.3) is 0 Å². The van der Waals surface area contributed by atoms with Crippen LogP contribution < -0.4 is 10.6 Å². The summed E-state index contributed by atoms with van der Waals surface area (Å²) < 4.78 is 54.2. The average molecular weight is 1360 g/mol. The zero-order valence-corrected chi connectivity index (χ0v) is 60.3. The van der Waals surface area contributed by atoms with Gasteiger partial charge in [-0.2, -0.15) is 0 Å². The van der Waals surface area contributed by atoms with Crippen molar-refractivity contribution < 1.29 is 91.1 Å². The zero-order chi connectivity index (χ0) is 69.5. The van der Waals surface area contributed by atoms with E-state index in [0.717, 1.165) is 167 Å². The summed E-state index contributed by atoms with van der Waals surface area (Å²) in [5.41, 5.74) is 0. The summed E-state index contributed by atoms with van der Waals surface area (Å²) in [6.07, 6.45) is 27.4. The quantitative estimate of drug-likeness (QED) is 0.0143. The molecule has 550 valence electrons. The van der Waals surface area contributed by atoms with E-state index in [2.05, 4.69) is 52.2 Å². The van der Waals surface area contributed by atoms with E-state index in [-0.39, 0.29) is 32.1 Å². The number of amides is 2. The SMILES string of the molecule is CCCCCCCCCCC[C@H](CC(=O)N[C@H]1[C@H](OC[C@H](NC(=O)C[C@@H](CCCCCCCCCCC)OC(=O)CCCCCC)C(=O)O)O[C@H](CO)[C@@H](OP(=O)(O)O)[C@@H]1OC(=O)C[C@@H](CCCCCCCCCCC)OC(=O)CCCCCC)OC(=O)CCCCCC. The molecular weight excluding hydrogens is 1230 g/mol. The lowest BCUT2D eigenvalue weighted by molar-refractivity contribution is -0.272. The number of aliphatic hydroxyl groups excluding tert-OH is 1. The molecule has 2 amide bonds. The van der Waals surface area contributed by atoms with Crippen LogP contribution in [0.3, 0.4) is 0 Å². The van der Waals surface area contributed by atoms with Crippen molar-refractivity contribution in [3.63, 3.8) is 0 Å². The minimum Gasteiger partial charge on any atom is -0.480 e. The van der Waals surface area contributed by atoms with Crippen LogP contribution in [0.1, 0.15) is 350 Å². The fourth-order valence-electron chi connectivity index (χ4n) is 11.9. The lowest BCUT2D eigenvalue weighted by Crippen LogP contribution is -2.66. The van der Waals surface area contributed by atoms with Gasteiger partial charge in [0.1, 0.15) is 36.6 Å². The lowest BCUT2D eigenvalue weighted by atomic mass is 9.95. The number of rotatable bonds is 64. The van der Waals surface area contributed by atoms with Gasteiger partial charge in [-0.3, -0.25) is 33.3 Å². The minimum atomic E-state index is -5.55. The van der Waals surface area contributed by atoms with E-state index in [9.17, 15) is 58.1 Å². The Morgan fingerprint density at radius 1 is 0.436 bits per heavy atom. The van der Waals surface area contributed by atoms with E-state index < -0.39 is 131 Å². The highest BCUT2D eigenvalue weighted by Gasteiger charge is 2.52. The van der Waals surface area contributed by atoms with Gasteiger partial charge in [-0.1, -0.05) is 253 Å². The molecule has 1 rings (SSSR count). The second-order valence-corrected chi connectivity index (χ2v) is 27.5. The predicted molar refractivity (Wildman–Crippen MR) is 365 cm³/mol. The number of aliphatic carboxylic acids is 1. The van der Waals surface area contributed by atoms with Crippen LogP contribution in [0.4, 0.5) is 0 Å². The van der Waals surface area contributed by atoms with Crippen LogP contribution in [-0.2, 0) is 71.1 Å². The summed E-state index contributed by atoms with van der Waals surface area (Å²) in [4.78, 5) is 117. The third kappa shape index (κ3) is 47.3. The van der Waals surface area contributed by atoms with Gasteiger partial charge in [0.15, 0.2) is 18.4 Å². The molecule has 0 spiro atoms. The van der Waals surface area contributed by atoms with Crippen LogP contribution in [-0.4, -0.2) is 130 Å². The molecule has 1 aliphatic heterocycles. The summed E-state index contributed by atoms with van der Waals surface area (Å²) in [6, 6.07) is -3.59. The van der Waals surface area contributed by atoms with E-state index >= 15 is 0 Å². The van der Waals surface area contributed by atoms with Crippen molar-refractivity contribution in [3.05, 3.63) is 0 Å². The summed E-state index contributed by atoms with van der Waals surface area (Å²) >= 11 is 0. The highest BCUT2D eigenvalue weighted by molar-refractivity contribution is 7.46. The van der Waals surface area contributed by atoms with Crippen molar-refractivity contribution in [3.8, 4) is 0 Å². The normalized spacial score (nSPS) is 17.8. The molecule has 0 unspecified atom stereocenters. The Bertz CT molecular complexity index is 2010. The molecule has 1 fully saturated rings. The molecule has 0 saturated carbocycles. The molecule has 6 N–H and O–H groups in total. The number of ether oxygens (including phenoxy) is 6. The number of carbonyl (C=O) groups is 7. The molecule has 0 aromatic heterocycles. The van der Waals surface area contributed by atoms with Gasteiger partial charge in [0.05, 0.1) is 32.5 Å². The molecule has 1 heterocycles. The van der Waals surface area contributed by atoms with E-state index in [0.29, 0.717) is 51.4 Å². The maximum absolute atomic E-state index is 14.7. The summed E-state index contributed by atoms with van der Waals surface area (Å²) in [5.74, 6) is -5.61. The summed E-state index contributed by atoms with van der Waals surface area (Å²) in [5, 5.41) is 26.7. The third-order valence-electron chi connectivity index (χ3n) is 17.4. The van der Waals surface area contributed by atoms with Crippen molar-refractivity contribution in [1.82, 2.24) is 10.6 Å². The molecule has 0 aromatic carbocycles. The Kier molecular flexibility index (Phi) is 54.7. The van der Waals surface area contributed by atoms with Crippen LogP contribution in [0.15, 0.2) is 0 Å². The van der Waals surface area contributed by atoms with Gasteiger partial charge in [-0.05, 0) is 57.8 Å². The van der Waals surface area contributed by atoms with Crippen LogP contribution in [0.2, 0.25) is 0 Å². The predicted octanol–water partition coefficient (Wildman–Crippen LogP) is 15.7. The number of hydrogen-bond donors (Lipinski definition) is 6. The third-order valence-corrected chi connectivity index (χ3v) is 18.0. The number of nitrogens with one attached hydrogen (secondary N) is 2. The van der Waals surface area contributed by atoms with E-state index in [1.54, 1.807) is 0 Å². The van der Waals surface area contributed by atoms with Gasteiger partial charge >= 0.3 is 37.7 Å². The van der Waals surface area contributed by atoms with Crippen molar-refractivity contribution in [1.29, 1.82) is 0 Å². The fourth-order valence-corrected chi connectivity index (χ4v) is 12.5. The number of esters is 4. The van der Waals surface area contributed by atoms with Crippen molar-refractivity contribution in [2.24, 2.45) is 0 Å². The van der Waals surface area contributed by atoms with Crippen molar-refractivity contribution in [2.75, 3.05) is 13.2 Å². The number of carbonyl (C=O) groups excluding carboxylic acids is 6. The Labute approximate surface area is 566 Å². The number of carboxylic acids is 1. The standard InChI is InChI=1S/C72H133N2O19P/c1-7-13-19-25-28-31-34-37-40-46-57(88-64(78)49-43-22-16-10-4)52-62(76)73-60(71(82)83)56-87-72-68(74-63(77)53-58(89-65(79)50-44-23-17-11-5)47-41-38-35-32-29-26-20-14-8-2)70(69(61(55-75)91-72)93-94(84,85)86)92-67(81)54-59(90-66(80)51-45-24-18-12-6)48-42-39-36-33-30-27-21-15-9-3/h57-61,68-70,72,75H,7-56H2,1-6H3,(H,73,76)(H,74,77)(H,82,83)(H2,84,85,86)/t57-,58-,59-,60+,61-,68-,69-,70-,72-/m1/s1. The van der Waals surface area contributed by atoms with Gasteiger partial charge in [0.25, 0.3) is 0 Å². The van der Waals surface area contributed by atoms with Crippen LogP contribution >= 0.6 is 7.82 Å². The second kappa shape index (κ2) is 58.3. The van der Waals surface area contributed by atoms with E-state index in [1.165, 1.54) is 44.9 Å². The summed E-state index contributed by atoms with van der Waals surface area (Å²) in [6.45, 7) is 10.8. The summed E-state index contributed by atoms with van der Waals surface area (Å²) in [7, 11) is -5.55. The number of hydrogen-bond acceptors (Lipinski definition) is 16. The number of carboxylic acid groups (broad SMARTS) is 1. The first-order valence-corrected chi connectivity index (χ1v) is 39.1. The molecule has 0 radical (unpaired) electrons. The van der Waals surface area contributed by atoms with Crippen molar-refractivity contribution in [2.45, 2.75) is 405 Å². The van der Waals surface area contributed by atoms with Gasteiger partial charge in [0.2, 0.25) is 11.8 Å². The largest absolute Gasteiger partial charge is 0.480 e. The first-order chi connectivity index (χ1) is 45.3. The molecule has 21 nitrogen and oxygen atoms in total. The highest BCUT2D eigenvalue weighted by Crippen LogP contribution is 2.42. The van der Waals surface area contributed by atoms with Crippen LogP contribution in [0.5, 0.6) is 0 Å². The first kappa shape index (κ1) is 88.3. The van der Waals surface area contributed by atoms with Gasteiger partial charge in [0, 0.05) is 19.3 Å². The first-order valence-electron chi connectivity index (χ1n) is 37.6. The molecule has 0 aliphatic carbocycles. The minimum absolute atomic E-state index is 0.117. The van der Waals surface area contributed by atoms with Crippen molar-refractivity contribution >= 4 is 49.5 Å². The monoisotopic (exact) mass is 1360 g/mol. The molecular formula is C72H133N2O19P. The van der Waals surface area contributed by atoms with Gasteiger partial charge in [-0.25, -0.2) is 9.36 Å². The Hall–Kier alpha value is -3.72. The van der Waals surface area contributed by atoms with Crippen LogP contribution in [0, 0.1) is 0 Å².